The van der Waals surface area contributed by atoms with Crippen LogP contribution < -0.4 is 4.74 Å². The van der Waals surface area contributed by atoms with E-state index in [1.54, 1.807) is 12.1 Å². The van der Waals surface area contributed by atoms with Gasteiger partial charge in [0.05, 0.1) is 25.2 Å². The van der Waals surface area contributed by atoms with Crippen molar-refractivity contribution in [3.8, 4) is 5.75 Å². The van der Waals surface area contributed by atoms with Crippen molar-refractivity contribution >= 4 is 15.9 Å². The summed E-state index contributed by atoms with van der Waals surface area (Å²) in [6.45, 7) is 3.44. The van der Waals surface area contributed by atoms with Crippen molar-refractivity contribution in [2.45, 2.75) is 49.8 Å². The van der Waals surface area contributed by atoms with Crippen LogP contribution >= 0.6 is 0 Å². The summed E-state index contributed by atoms with van der Waals surface area (Å²) >= 11 is 0. The molecule has 10 nitrogen and oxygen atoms in total. The molecule has 2 aromatic carbocycles. The molecular formula is C33H45N3O7S. The number of carbonyl (C=O) groups excluding carboxylic acids is 1. The molecule has 2 fully saturated rings. The fourth-order valence-electron chi connectivity index (χ4n) is 6.40. The number of hydrogen-bond donors (Lipinski definition) is 1. The Morgan fingerprint density at radius 2 is 1.70 bits per heavy atom. The van der Waals surface area contributed by atoms with Gasteiger partial charge < -0.3 is 24.2 Å². The molecule has 1 aliphatic carbocycles. The molecule has 0 radical (unpaired) electrons. The van der Waals surface area contributed by atoms with Crippen LogP contribution in [0.1, 0.15) is 37.7 Å². The number of aliphatic hydroxyl groups is 1. The van der Waals surface area contributed by atoms with Crippen LogP contribution in [-0.2, 0) is 30.8 Å². The smallest absolute Gasteiger partial charge is 0.288 e. The van der Waals surface area contributed by atoms with Crippen molar-refractivity contribution in [3.05, 3.63) is 72.0 Å². The van der Waals surface area contributed by atoms with Crippen LogP contribution in [0.3, 0.4) is 0 Å². The second-order valence-corrected chi connectivity index (χ2v) is 13.7. The van der Waals surface area contributed by atoms with E-state index in [9.17, 15) is 18.3 Å². The van der Waals surface area contributed by atoms with E-state index in [0.29, 0.717) is 36.9 Å². The molecule has 3 aliphatic rings. The van der Waals surface area contributed by atoms with Crippen LogP contribution in [-0.4, -0.2) is 99.4 Å². The van der Waals surface area contributed by atoms with Gasteiger partial charge in [-0.15, -0.1) is 0 Å². The van der Waals surface area contributed by atoms with Crippen molar-refractivity contribution in [1.82, 2.24) is 14.1 Å². The number of nitrogens with zero attached hydrogens (tertiary/aromatic N) is 3. The number of piperazine rings is 1. The van der Waals surface area contributed by atoms with Gasteiger partial charge in [0.15, 0.2) is 5.76 Å². The van der Waals surface area contributed by atoms with Crippen LogP contribution in [0.25, 0.3) is 0 Å². The van der Waals surface area contributed by atoms with E-state index >= 15 is 0 Å². The number of methoxy groups -OCH3 is 1. The lowest BCUT2D eigenvalue weighted by Crippen LogP contribution is -2.49. The molecule has 44 heavy (non-hydrogen) atoms. The molecule has 11 heteroatoms. The topological polar surface area (TPSA) is 109 Å². The second-order valence-electron chi connectivity index (χ2n) is 11.8. The molecule has 2 aromatic rings. The number of rotatable bonds is 13. The Labute approximate surface area is 261 Å². The maximum Gasteiger partial charge on any atom is 0.288 e. The van der Waals surface area contributed by atoms with Crippen molar-refractivity contribution in [1.29, 1.82) is 0 Å². The van der Waals surface area contributed by atoms with E-state index in [4.69, 9.17) is 14.2 Å². The van der Waals surface area contributed by atoms with E-state index < -0.39 is 16.3 Å². The quantitative estimate of drug-likeness (QED) is 0.360. The summed E-state index contributed by atoms with van der Waals surface area (Å²) in [4.78, 5) is 18.0. The first kappa shape index (κ1) is 32.4. The molecule has 2 heterocycles. The standard InChI is InChI=1S/C33H45N3O7S/c1-41-29-11-13-30(14-12-29)44(39,40)36(19-21-37)20-22-42-32-24-28(27-9-5-6-10-27)23-31(43-32)33(38)35-17-15-34(16-18-35)25-26-7-3-2-4-8-26/h2-4,7-8,11-14,23,27-28,32,37H,5-6,9-10,15-22,24-25H2,1H3/t28-,32+/m1/s1. The minimum Gasteiger partial charge on any atom is -0.497 e. The van der Waals surface area contributed by atoms with Gasteiger partial charge in [0.2, 0.25) is 16.3 Å². The first-order valence-corrected chi connectivity index (χ1v) is 17.1. The molecule has 1 saturated carbocycles. The minimum atomic E-state index is -3.86. The second kappa shape index (κ2) is 15.4. The molecule has 240 valence electrons. The number of sulfonamides is 1. The monoisotopic (exact) mass is 627 g/mol. The highest BCUT2D eigenvalue weighted by molar-refractivity contribution is 7.89. The number of ether oxygens (including phenoxy) is 3. The van der Waals surface area contributed by atoms with Crippen molar-refractivity contribution in [2.75, 3.05) is 59.6 Å². The van der Waals surface area contributed by atoms with Crippen molar-refractivity contribution in [2.24, 2.45) is 11.8 Å². The fraction of sp³-hybridized carbons (Fsp3) is 0.545. The van der Waals surface area contributed by atoms with Gasteiger partial charge in [-0.2, -0.15) is 4.31 Å². The maximum absolute atomic E-state index is 13.7. The van der Waals surface area contributed by atoms with E-state index in [-0.39, 0.29) is 43.0 Å². The molecule has 1 amide bonds. The van der Waals surface area contributed by atoms with E-state index in [2.05, 4.69) is 17.0 Å². The Morgan fingerprint density at radius 1 is 1.00 bits per heavy atom. The number of benzene rings is 2. The van der Waals surface area contributed by atoms with Gasteiger partial charge in [0.25, 0.3) is 5.91 Å². The highest BCUT2D eigenvalue weighted by Crippen LogP contribution is 2.38. The zero-order valence-corrected chi connectivity index (χ0v) is 26.4. The Kier molecular flexibility index (Phi) is 11.3. The predicted octanol–water partition coefficient (Wildman–Crippen LogP) is 3.48. The lowest BCUT2D eigenvalue weighted by molar-refractivity contribution is -0.157. The van der Waals surface area contributed by atoms with Gasteiger partial charge in [0.1, 0.15) is 5.75 Å². The van der Waals surface area contributed by atoms with Crippen LogP contribution in [0.5, 0.6) is 5.75 Å². The van der Waals surface area contributed by atoms with Gasteiger partial charge in [-0.05, 0) is 60.6 Å². The van der Waals surface area contributed by atoms with Gasteiger partial charge in [-0.3, -0.25) is 9.69 Å². The van der Waals surface area contributed by atoms with Crippen LogP contribution in [0.4, 0.5) is 0 Å². The Bertz CT molecular complexity index is 1340. The summed E-state index contributed by atoms with van der Waals surface area (Å²) in [6, 6.07) is 16.5. The first-order valence-electron chi connectivity index (χ1n) is 15.7. The highest BCUT2D eigenvalue weighted by Gasteiger charge is 2.36. The molecule has 1 N–H and O–H groups in total. The summed E-state index contributed by atoms with van der Waals surface area (Å²) in [5.41, 5.74) is 1.26. The highest BCUT2D eigenvalue weighted by atomic mass is 32.2. The van der Waals surface area contributed by atoms with E-state index in [0.717, 1.165) is 32.5 Å². The maximum atomic E-state index is 13.7. The van der Waals surface area contributed by atoms with Crippen molar-refractivity contribution < 1.29 is 32.5 Å². The molecule has 0 aromatic heterocycles. The lowest BCUT2D eigenvalue weighted by atomic mass is 9.86. The normalized spacial score (nSPS) is 21.7. The molecule has 5 rings (SSSR count). The number of amides is 1. The van der Waals surface area contributed by atoms with Crippen LogP contribution in [0.2, 0.25) is 0 Å². The van der Waals surface area contributed by atoms with Gasteiger partial charge in [-0.25, -0.2) is 8.42 Å². The molecular weight excluding hydrogens is 582 g/mol. The van der Waals surface area contributed by atoms with Crippen molar-refractivity contribution in [3.63, 3.8) is 0 Å². The van der Waals surface area contributed by atoms with E-state index in [1.165, 1.54) is 42.0 Å². The van der Waals surface area contributed by atoms with Gasteiger partial charge in [0, 0.05) is 52.2 Å². The SMILES string of the molecule is COc1ccc(S(=O)(=O)N(CCO)CCO[C@@H]2C[C@H](C3CCCC3)C=C(C(=O)N3CCN(Cc4ccccc4)CC3)O2)cc1. The molecule has 0 spiro atoms. The summed E-state index contributed by atoms with van der Waals surface area (Å²) < 4.78 is 45.2. The molecule has 0 unspecified atom stereocenters. The Morgan fingerprint density at radius 3 is 2.36 bits per heavy atom. The predicted molar refractivity (Wildman–Crippen MR) is 166 cm³/mol. The zero-order valence-electron chi connectivity index (χ0n) is 25.6. The largest absolute Gasteiger partial charge is 0.497 e. The van der Waals surface area contributed by atoms with E-state index in [1.807, 2.05) is 29.2 Å². The summed E-state index contributed by atoms with van der Waals surface area (Å²) in [6.07, 6.45) is 6.61. The third kappa shape index (κ3) is 8.19. The molecule has 0 bridgehead atoms. The van der Waals surface area contributed by atoms with Gasteiger partial charge >= 0.3 is 0 Å². The Balaban J connectivity index is 1.19. The third-order valence-corrected chi connectivity index (χ3v) is 10.8. The number of carbonyl (C=O) groups is 1. The molecule has 2 atom stereocenters. The van der Waals surface area contributed by atoms with Crippen LogP contribution in [0.15, 0.2) is 71.3 Å². The fourth-order valence-corrected chi connectivity index (χ4v) is 7.82. The van der Waals surface area contributed by atoms with Crippen LogP contribution in [0, 0.1) is 11.8 Å². The number of aliphatic hydroxyl groups excluding tert-OH is 1. The summed E-state index contributed by atoms with van der Waals surface area (Å²) in [5, 5.41) is 9.60. The average Bonchev–Trinajstić information content (AvgIpc) is 3.60. The zero-order chi connectivity index (χ0) is 30.9. The molecule has 2 aliphatic heterocycles. The Hall–Kier alpha value is -2.96. The summed E-state index contributed by atoms with van der Waals surface area (Å²) in [5.74, 6) is 1.44. The lowest BCUT2D eigenvalue weighted by Gasteiger charge is -2.37. The molecule has 1 saturated heterocycles. The minimum absolute atomic E-state index is 0.0409. The van der Waals surface area contributed by atoms with Gasteiger partial charge in [-0.1, -0.05) is 43.2 Å². The number of hydrogen-bond acceptors (Lipinski definition) is 8. The average molecular weight is 628 g/mol. The first-order chi connectivity index (χ1) is 21.4. The summed E-state index contributed by atoms with van der Waals surface area (Å²) in [7, 11) is -2.34. The third-order valence-electron chi connectivity index (χ3n) is 8.90. The number of allylic oxidation sites excluding steroid dienone is 1.